The molecule has 0 aliphatic rings. The molecule has 0 N–H and O–H groups in total. The molecule has 0 aliphatic carbocycles. The average Bonchev–Trinajstić information content (AvgIpc) is 2.52. The van der Waals surface area contributed by atoms with Crippen LogP contribution in [-0.2, 0) is 5.41 Å². The number of hydrogen-bond acceptors (Lipinski definition) is 2. The van der Waals surface area contributed by atoms with Crippen molar-refractivity contribution >= 4 is 36.1 Å². The molecular formula is C19H19NSSe. The monoisotopic (exact) mass is 373 g/mol. The molecule has 0 radical (unpaired) electrons. The van der Waals surface area contributed by atoms with Crippen molar-refractivity contribution in [2.75, 3.05) is 0 Å². The second-order valence-electron chi connectivity index (χ2n) is 5.93. The fourth-order valence-electron chi connectivity index (χ4n) is 1.96. The first-order valence-corrected chi connectivity index (χ1v) is 9.75. The minimum absolute atomic E-state index is 0.152. The Balaban J connectivity index is 2.22. The molecule has 0 fully saturated rings. The fraction of sp³-hybridized carbons (Fsp3) is 0.211. The summed E-state index contributed by atoms with van der Waals surface area (Å²) in [4.78, 5) is 3.24. The summed E-state index contributed by atoms with van der Waals surface area (Å²) in [6.45, 7) is 6.63. The van der Waals surface area contributed by atoms with Crippen molar-refractivity contribution in [3.63, 3.8) is 0 Å². The van der Waals surface area contributed by atoms with Gasteiger partial charge in [0.2, 0.25) is 0 Å². The van der Waals surface area contributed by atoms with E-state index in [-0.39, 0.29) is 20.4 Å². The zero-order valence-electron chi connectivity index (χ0n) is 13.0. The molecule has 2 aromatic carbocycles. The van der Waals surface area contributed by atoms with Crippen molar-refractivity contribution in [3.8, 4) is 5.40 Å². The van der Waals surface area contributed by atoms with Crippen LogP contribution in [0.3, 0.4) is 0 Å². The summed E-state index contributed by atoms with van der Waals surface area (Å²) in [5.74, 6) is 0. The Hall–Kier alpha value is -1.46. The standard InChI is InChI=1S/C19H19NSSe/c1-19(2,3)16-11-9-15(10-12-16)18(21-14-20)13-22-17-7-5-4-6-8-17/h4-13H,1-3H3. The number of hydrogen-bond donors (Lipinski definition) is 0. The Morgan fingerprint density at radius 3 is 2.23 bits per heavy atom. The Morgan fingerprint density at radius 2 is 1.68 bits per heavy atom. The van der Waals surface area contributed by atoms with Crippen LogP contribution in [0.5, 0.6) is 0 Å². The second-order valence-corrected chi connectivity index (χ2v) is 8.74. The summed E-state index contributed by atoms with van der Waals surface area (Å²) < 4.78 is 1.32. The molecule has 0 bridgehead atoms. The number of benzene rings is 2. The first kappa shape index (κ1) is 16.9. The van der Waals surface area contributed by atoms with Crippen LogP contribution in [0.25, 0.3) is 4.91 Å². The Morgan fingerprint density at radius 1 is 1.05 bits per heavy atom. The van der Waals surface area contributed by atoms with Gasteiger partial charge < -0.3 is 0 Å². The quantitative estimate of drug-likeness (QED) is 0.582. The van der Waals surface area contributed by atoms with E-state index in [0.29, 0.717) is 0 Å². The number of nitrogens with zero attached hydrogens (tertiary/aromatic N) is 1. The molecule has 0 atom stereocenters. The van der Waals surface area contributed by atoms with Crippen molar-refractivity contribution < 1.29 is 0 Å². The molecule has 0 heterocycles. The molecule has 3 heteroatoms. The Kier molecular flexibility index (Phi) is 5.91. The third kappa shape index (κ3) is 4.78. The molecule has 0 aliphatic heterocycles. The average molecular weight is 372 g/mol. The third-order valence-corrected chi connectivity index (χ3v) is 6.12. The number of thiocyanates is 1. The van der Waals surface area contributed by atoms with Crippen LogP contribution < -0.4 is 4.46 Å². The van der Waals surface area contributed by atoms with Crippen LogP contribution in [0.4, 0.5) is 0 Å². The van der Waals surface area contributed by atoms with E-state index in [1.807, 2.05) is 6.07 Å². The Bertz CT molecular complexity index is 676. The Labute approximate surface area is 143 Å². The van der Waals surface area contributed by atoms with Gasteiger partial charge in [-0.2, -0.15) is 0 Å². The minimum atomic E-state index is 0.152. The third-order valence-electron chi connectivity index (χ3n) is 3.24. The van der Waals surface area contributed by atoms with Crippen LogP contribution in [-0.4, -0.2) is 15.0 Å². The van der Waals surface area contributed by atoms with Gasteiger partial charge >= 0.3 is 144 Å². The summed E-state index contributed by atoms with van der Waals surface area (Å²) in [5.41, 5.74) is 2.59. The van der Waals surface area contributed by atoms with Crippen molar-refractivity contribution in [2.45, 2.75) is 26.2 Å². The van der Waals surface area contributed by atoms with Crippen LogP contribution in [0.1, 0.15) is 31.9 Å². The predicted octanol–water partition coefficient (Wildman–Crippen LogP) is 4.53. The summed E-state index contributed by atoms with van der Waals surface area (Å²) in [6.07, 6.45) is 0. The van der Waals surface area contributed by atoms with Gasteiger partial charge in [-0.1, -0.05) is 0 Å². The SMILES string of the molecule is CC(C)(C)c1ccc(C(=C[Se]c2ccccc2)SC#N)cc1. The van der Waals surface area contributed by atoms with Gasteiger partial charge in [-0.15, -0.1) is 0 Å². The first-order valence-electron chi connectivity index (χ1n) is 7.09. The topological polar surface area (TPSA) is 23.8 Å². The molecule has 0 amide bonds. The van der Waals surface area contributed by atoms with Crippen LogP contribution in [0.15, 0.2) is 59.6 Å². The number of rotatable bonds is 4. The van der Waals surface area contributed by atoms with Gasteiger partial charge in [-0.3, -0.25) is 0 Å². The van der Waals surface area contributed by atoms with Gasteiger partial charge in [0.15, 0.2) is 0 Å². The molecule has 22 heavy (non-hydrogen) atoms. The van der Waals surface area contributed by atoms with Gasteiger partial charge in [0, 0.05) is 0 Å². The van der Waals surface area contributed by atoms with E-state index in [1.54, 1.807) is 0 Å². The van der Waals surface area contributed by atoms with E-state index in [1.165, 1.54) is 21.8 Å². The van der Waals surface area contributed by atoms with E-state index < -0.39 is 0 Å². The van der Waals surface area contributed by atoms with E-state index >= 15 is 0 Å². The van der Waals surface area contributed by atoms with Crippen molar-refractivity contribution in [2.24, 2.45) is 0 Å². The normalized spacial score (nSPS) is 12.0. The van der Waals surface area contributed by atoms with Gasteiger partial charge in [-0.05, 0) is 0 Å². The molecule has 0 saturated heterocycles. The molecule has 2 aromatic rings. The van der Waals surface area contributed by atoms with E-state index in [9.17, 15) is 0 Å². The van der Waals surface area contributed by atoms with Gasteiger partial charge in [0.05, 0.1) is 0 Å². The zero-order valence-corrected chi connectivity index (χ0v) is 15.6. The second kappa shape index (κ2) is 7.70. The van der Waals surface area contributed by atoms with Crippen LogP contribution >= 0.6 is 11.8 Å². The van der Waals surface area contributed by atoms with E-state index in [2.05, 4.69) is 79.7 Å². The molecule has 1 nitrogen and oxygen atoms in total. The van der Waals surface area contributed by atoms with Crippen molar-refractivity contribution in [1.82, 2.24) is 0 Å². The molecule has 2 rings (SSSR count). The number of nitriles is 1. The summed E-state index contributed by atoms with van der Waals surface area (Å²) in [7, 11) is 0. The van der Waals surface area contributed by atoms with Gasteiger partial charge in [-0.25, -0.2) is 0 Å². The summed E-state index contributed by atoms with van der Waals surface area (Å²) in [5, 5.41) is 11.3. The maximum atomic E-state index is 9.06. The van der Waals surface area contributed by atoms with Gasteiger partial charge in [0.1, 0.15) is 0 Å². The maximum absolute atomic E-state index is 9.06. The van der Waals surface area contributed by atoms with E-state index in [4.69, 9.17) is 5.26 Å². The number of thioether (sulfide) groups is 1. The fourth-order valence-corrected chi connectivity index (χ4v) is 4.36. The first-order chi connectivity index (χ1) is 10.5. The van der Waals surface area contributed by atoms with Crippen molar-refractivity contribution in [3.05, 3.63) is 70.7 Å². The zero-order chi connectivity index (χ0) is 16.0. The van der Waals surface area contributed by atoms with Crippen LogP contribution in [0, 0.1) is 10.7 Å². The molecule has 0 saturated carbocycles. The molecular weight excluding hydrogens is 353 g/mol. The molecule has 0 unspecified atom stereocenters. The molecule has 112 valence electrons. The van der Waals surface area contributed by atoms with E-state index in [0.717, 1.165) is 10.5 Å². The summed E-state index contributed by atoms with van der Waals surface area (Å²) >= 11 is 1.48. The molecule has 0 spiro atoms. The predicted molar refractivity (Wildman–Crippen MR) is 98.2 cm³/mol. The molecule has 0 aromatic heterocycles. The van der Waals surface area contributed by atoms with Crippen molar-refractivity contribution in [1.29, 1.82) is 5.26 Å². The summed E-state index contributed by atoms with van der Waals surface area (Å²) in [6, 6.07) is 19.0. The van der Waals surface area contributed by atoms with Crippen LogP contribution in [0.2, 0.25) is 0 Å². The van der Waals surface area contributed by atoms with Gasteiger partial charge in [0.25, 0.3) is 0 Å².